The van der Waals surface area contributed by atoms with Gasteiger partial charge in [-0.1, -0.05) is 40.7 Å². The van der Waals surface area contributed by atoms with Gasteiger partial charge >= 0.3 is 0 Å². The molecule has 0 bridgehead atoms. The summed E-state index contributed by atoms with van der Waals surface area (Å²) in [5.74, 6) is 0.703. The quantitative estimate of drug-likeness (QED) is 0.730. The third-order valence-electron chi connectivity index (χ3n) is 4.22. The zero-order valence-electron chi connectivity index (χ0n) is 14.0. The van der Waals surface area contributed by atoms with Gasteiger partial charge in [-0.3, -0.25) is 4.79 Å². The van der Waals surface area contributed by atoms with Crippen molar-refractivity contribution in [3.8, 4) is 5.75 Å². The molecule has 114 valence electrons. The predicted molar refractivity (Wildman–Crippen MR) is 88.1 cm³/mol. The topological polar surface area (TPSA) is 26.3 Å². The minimum Gasteiger partial charge on any atom is -0.493 e. The fraction of sp³-hybridized carbons (Fsp3) is 0.526. The first-order valence-corrected chi connectivity index (χ1v) is 7.68. The van der Waals surface area contributed by atoms with Crippen molar-refractivity contribution < 1.29 is 9.53 Å². The van der Waals surface area contributed by atoms with E-state index >= 15 is 0 Å². The molecule has 0 saturated heterocycles. The van der Waals surface area contributed by atoms with Crippen molar-refractivity contribution in [2.75, 3.05) is 6.61 Å². The second-order valence-corrected chi connectivity index (χ2v) is 7.44. The number of benzene rings is 1. The Hall–Kier alpha value is -1.57. The summed E-state index contributed by atoms with van der Waals surface area (Å²) in [6, 6.07) is 4.08. The lowest BCUT2D eigenvalue weighted by atomic mass is 9.68. The van der Waals surface area contributed by atoms with Gasteiger partial charge in [-0.2, -0.15) is 0 Å². The van der Waals surface area contributed by atoms with Crippen LogP contribution >= 0.6 is 0 Å². The van der Waals surface area contributed by atoms with E-state index in [2.05, 4.69) is 46.8 Å². The highest BCUT2D eigenvalue weighted by molar-refractivity contribution is 5.85. The van der Waals surface area contributed by atoms with E-state index in [-0.39, 0.29) is 10.8 Å². The molecule has 0 fully saturated rings. The Morgan fingerprint density at radius 3 is 2.48 bits per heavy atom. The molecule has 2 rings (SSSR count). The molecule has 0 atom stereocenters. The SMILES string of the molecule is CCOc1cc2c(cc1C=O)C(C(C)(C)C)=CCC2(C)C. The lowest BCUT2D eigenvalue weighted by molar-refractivity contribution is 0.111. The van der Waals surface area contributed by atoms with Crippen LogP contribution in [0.3, 0.4) is 0 Å². The predicted octanol–water partition coefficient (Wildman–Crippen LogP) is 5.01. The zero-order valence-corrected chi connectivity index (χ0v) is 14.0. The third kappa shape index (κ3) is 2.90. The van der Waals surface area contributed by atoms with Crippen molar-refractivity contribution in [2.24, 2.45) is 5.41 Å². The molecule has 0 saturated carbocycles. The van der Waals surface area contributed by atoms with Crippen LogP contribution in [-0.4, -0.2) is 12.9 Å². The first kappa shape index (κ1) is 15.8. The van der Waals surface area contributed by atoms with Gasteiger partial charge in [0.1, 0.15) is 5.75 Å². The van der Waals surface area contributed by atoms with Crippen LogP contribution in [-0.2, 0) is 5.41 Å². The maximum Gasteiger partial charge on any atom is 0.153 e. The molecule has 21 heavy (non-hydrogen) atoms. The fourth-order valence-electron chi connectivity index (χ4n) is 3.04. The second-order valence-electron chi connectivity index (χ2n) is 7.44. The molecule has 0 radical (unpaired) electrons. The van der Waals surface area contributed by atoms with E-state index in [0.29, 0.717) is 17.9 Å². The Labute approximate surface area is 128 Å². The average molecular weight is 286 g/mol. The van der Waals surface area contributed by atoms with E-state index in [4.69, 9.17) is 4.74 Å². The molecule has 0 spiro atoms. The van der Waals surface area contributed by atoms with Gasteiger partial charge in [0.2, 0.25) is 0 Å². The average Bonchev–Trinajstić information content (AvgIpc) is 2.37. The van der Waals surface area contributed by atoms with Gasteiger partial charge < -0.3 is 4.74 Å². The highest BCUT2D eigenvalue weighted by Crippen LogP contribution is 2.47. The Balaban J connectivity index is 2.70. The summed E-state index contributed by atoms with van der Waals surface area (Å²) in [6.07, 6.45) is 4.24. The summed E-state index contributed by atoms with van der Waals surface area (Å²) >= 11 is 0. The van der Waals surface area contributed by atoms with Crippen molar-refractivity contribution in [2.45, 2.75) is 53.4 Å². The molecular weight excluding hydrogens is 260 g/mol. The molecule has 0 heterocycles. The maximum atomic E-state index is 11.4. The number of hydrogen-bond acceptors (Lipinski definition) is 2. The molecule has 1 aliphatic rings. The Morgan fingerprint density at radius 1 is 1.29 bits per heavy atom. The summed E-state index contributed by atoms with van der Waals surface area (Å²) in [5.41, 5.74) is 4.58. The number of allylic oxidation sites excluding steroid dienone is 2. The molecule has 0 aromatic heterocycles. The van der Waals surface area contributed by atoms with E-state index < -0.39 is 0 Å². The molecule has 0 aliphatic heterocycles. The minimum absolute atomic E-state index is 0.0668. The van der Waals surface area contributed by atoms with E-state index in [9.17, 15) is 4.79 Å². The summed E-state index contributed by atoms with van der Waals surface area (Å²) in [5, 5.41) is 0. The normalized spacial score (nSPS) is 17.0. The van der Waals surface area contributed by atoms with Crippen LogP contribution in [0.25, 0.3) is 5.57 Å². The Bertz CT molecular complexity index is 586. The van der Waals surface area contributed by atoms with Gasteiger partial charge in [0.15, 0.2) is 6.29 Å². The van der Waals surface area contributed by atoms with Gasteiger partial charge in [0, 0.05) is 0 Å². The molecule has 2 nitrogen and oxygen atoms in total. The molecule has 1 aromatic rings. The van der Waals surface area contributed by atoms with Gasteiger partial charge in [-0.25, -0.2) is 0 Å². The van der Waals surface area contributed by atoms with Crippen molar-refractivity contribution in [1.82, 2.24) is 0 Å². The summed E-state index contributed by atoms with van der Waals surface area (Å²) < 4.78 is 5.66. The summed E-state index contributed by atoms with van der Waals surface area (Å²) in [7, 11) is 0. The van der Waals surface area contributed by atoms with Crippen LogP contribution < -0.4 is 4.74 Å². The molecule has 1 aliphatic carbocycles. The van der Waals surface area contributed by atoms with Crippen LogP contribution in [0.15, 0.2) is 18.2 Å². The molecule has 0 unspecified atom stereocenters. The molecular formula is C19H26O2. The van der Waals surface area contributed by atoms with Crippen LogP contribution in [0, 0.1) is 5.41 Å². The maximum absolute atomic E-state index is 11.4. The number of fused-ring (bicyclic) bond motifs is 1. The van der Waals surface area contributed by atoms with Gasteiger partial charge in [0.05, 0.1) is 12.2 Å². The van der Waals surface area contributed by atoms with Gasteiger partial charge in [-0.05, 0) is 53.0 Å². The fourth-order valence-corrected chi connectivity index (χ4v) is 3.04. The lowest BCUT2D eigenvalue weighted by Crippen LogP contribution is -2.25. The number of hydrogen-bond donors (Lipinski definition) is 0. The number of aldehydes is 1. The third-order valence-corrected chi connectivity index (χ3v) is 4.22. The number of ether oxygens (including phenoxy) is 1. The highest BCUT2D eigenvalue weighted by Gasteiger charge is 2.33. The van der Waals surface area contributed by atoms with Crippen LogP contribution in [0.5, 0.6) is 5.75 Å². The Morgan fingerprint density at radius 2 is 1.95 bits per heavy atom. The standard InChI is InChI=1S/C19H26O2/c1-7-21-17-11-16-14(10-13(17)12-20)15(18(2,3)4)8-9-19(16,5)6/h8,10-12H,7,9H2,1-6H3. The summed E-state index contributed by atoms with van der Waals surface area (Å²) in [6.45, 7) is 13.7. The van der Waals surface area contributed by atoms with E-state index in [0.717, 1.165) is 12.7 Å². The first-order valence-electron chi connectivity index (χ1n) is 7.68. The van der Waals surface area contributed by atoms with Crippen molar-refractivity contribution in [1.29, 1.82) is 0 Å². The number of carbonyl (C=O) groups excluding carboxylic acids is 1. The van der Waals surface area contributed by atoms with Crippen LogP contribution in [0.4, 0.5) is 0 Å². The van der Waals surface area contributed by atoms with E-state index in [1.807, 2.05) is 13.0 Å². The summed E-state index contributed by atoms with van der Waals surface area (Å²) in [4.78, 5) is 11.4. The largest absolute Gasteiger partial charge is 0.493 e. The van der Waals surface area contributed by atoms with Crippen molar-refractivity contribution in [3.05, 3.63) is 34.9 Å². The molecule has 0 N–H and O–H groups in total. The van der Waals surface area contributed by atoms with E-state index in [1.54, 1.807) is 0 Å². The van der Waals surface area contributed by atoms with Gasteiger partial charge in [-0.15, -0.1) is 0 Å². The highest BCUT2D eigenvalue weighted by atomic mass is 16.5. The smallest absolute Gasteiger partial charge is 0.153 e. The lowest BCUT2D eigenvalue weighted by Gasteiger charge is -2.37. The second kappa shape index (κ2) is 5.32. The number of rotatable bonds is 3. The van der Waals surface area contributed by atoms with Crippen LogP contribution in [0.2, 0.25) is 0 Å². The molecule has 2 heteroatoms. The van der Waals surface area contributed by atoms with Crippen LogP contribution in [0.1, 0.15) is 69.4 Å². The van der Waals surface area contributed by atoms with E-state index in [1.165, 1.54) is 16.7 Å². The molecule has 0 amide bonds. The molecule has 1 aromatic carbocycles. The van der Waals surface area contributed by atoms with Crippen molar-refractivity contribution >= 4 is 11.9 Å². The Kier molecular flexibility index (Phi) is 4.01. The number of carbonyl (C=O) groups is 1. The zero-order chi connectivity index (χ0) is 15.8. The first-order chi connectivity index (χ1) is 9.70. The van der Waals surface area contributed by atoms with Gasteiger partial charge in [0.25, 0.3) is 0 Å². The van der Waals surface area contributed by atoms with Crippen molar-refractivity contribution in [3.63, 3.8) is 0 Å². The monoisotopic (exact) mass is 286 g/mol. The minimum atomic E-state index is 0.0668.